The molecule has 0 aromatic rings. The second-order valence-electron chi connectivity index (χ2n) is 2.88. The first-order valence-electron chi connectivity index (χ1n) is 4.72. The van der Waals surface area contributed by atoms with Gasteiger partial charge in [-0.2, -0.15) is 0 Å². The number of nitrogens with one attached hydrogen (secondary N) is 1. The molecule has 0 unspecified atom stereocenters. The van der Waals surface area contributed by atoms with Crippen molar-refractivity contribution in [1.82, 2.24) is 5.32 Å². The van der Waals surface area contributed by atoms with Crippen LogP contribution in [0.15, 0.2) is 0 Å². The van der Waals surface area contributed by atoms with E-state index in [0.29, 0.717) is 26.2 Å². The van der Waals surface area contributed by atoms with Crippen molar-refractivity contribution in [2.45, 2.75) is 12.8 Å². The van der Waals surface area contributed by atoms with E-state index in [9.17, 15) is 9.59 Å². The van der Waals surface area contributed by atoms with Gasteiger partial charge in [0.25, 0.3) is 0 Å². The van der Waals surface area contributed by atoms with E-state index < -0.39 is 5.97 Å². The SMILES string of the molecule is COCCOCCCC(=O)NCC(=O)O. The number of carboxylic acid groups (broad SMARTS) is 1. The summed E-state index contributed by atoms with van der Waals surface area (Å²) >= 11 is 0. The van der Waals surface area contributed by atoms with Gasteiger partial charge in [-0.1, -0.05) is 0 Å². The van der Waals surface area contributed by atoms with Gasteiger partial charge >= 0.3 is 5.97 Å². The first kappa shape index (κ1) is 13.9. The van der Waals surface area contributed by atoms with Crippen LogP contribution in [0.25, 0.3) is 0 Å². The molecule has 6 nitrogen and oxygen atoms in total. The molecule has 0 aromatic heterocycles. The summed E-state index contributed by atoms with van der Waals surface area (Å²) in [6.45, 7) is 1.19. The molecule has 0 atom stereocenters. The maximum atomic E-state index is 11.0. The molecule has 0 spiro atoms. The van der Waals surface area contributed by atoms with Crippen molar-refractivity contribution in [2.75, 3.05) is 33.5 Å². The Morgan fingerprint density at radius 2 is 2.00 bits per heavy atom. The number of hydrogen-bond donors (Lipinski definition) is 2. The van der Waals surface area contributed by atoms with Crippen molar-refractivity contribution in [2.24, 2.45) is 0 Å². The van der Waals surface area contributed by atoms with Crippen LogP contribution < -0.4 is 5.32 Å². The minimum atomic E-state index is -1.04. The van der Waals surface area contributed by atoms with E-state index in [1.807, 2.05) is 0 Å². The number of carbonyl (C=O) groups excluding carboxylic acids is 1. The lowest BCUT2D eigenvalue weighted by atomic mass is 10.3. The zero-order chi connectivity index (χ0) is 11.5. The van der Waals surface area contributed by atoms with Crippen molar-refractivity contribution >= 4 is 11.9 Å². The van der Waals surface area contributed by atoms with Gasteiger partial charge in [0.05, 0.1) is 13.2 Å². The fourth-order valence-electron chi connectivity index (χ4n) is 0.842. The molecule has 0 aliphatic carbocycles. The van der Waals surface area contributed by atoms with Crippen LogP contribution in [0.3, 0.4) is 0 Å². The van der Waals surface area contributed by atoms with Crippen LogP contribution in [0.4, 0.5) is 0 Å². The second kappa shape index (κ2) is 9.42. The molecule has 0 heterocycles. The first-order valence-corrected chi connectivity index (χ1v) is 4.72. The third kappa shape index (κ3) is 10.8. The summed E-state index contributed by atoms with van der Waals surface area (Å²) in [4.78, 5) is 21.1. The van der Waals surface area contributed by atoms with Gasteiger partial charge in [0.15, 0.2) is 0 Å². The minimum Gasteiger partial charge on any atom is -0.480 e. The van der Waals surface area contributed by atoms with Crippen molar-refractivity contribution in [3.63, 3.8) is 0 Å². The Kier molecular flexibility index (Phi) is 8.70. The molecule has 0 saturated carbocycles. The normalized spacial score (nSPS) is 9.93. The molecular weight excluding hydrogens is 202 g/mol. The van der Waals surface area contributed by atoms with E-state index in [-0.39, 0.29) is 18.9 Å². The molecule has 0 radical (unpaired) electrons. The number of methoxy groups -OCH3 is 1. The number of rotatable bonds is 9. The highest BCUT2D eigenvalue weighted by molar-refractivity contribution is 5.80. The predicted molar refractivity (Wildman–Crippen MR) is 52.6 cm³/mol. The van der Waals surface area contributed by atoms with Gasteiger partial charge in [0, 0.05) is 20.1 Å². The Hall–Kier alpha value is -1.14. The lowest BCUT2D eigenvalue weighted by molar-refractivity contribution is -0.138. The summed E-state index contributed by atoms with van der Waals surface area (Å²) in [7, 11) is 1.59. The van der Waals surface area contributed by atoms with Crippen molar-refractivity contribution in [3.8, 4) is 0 Å². The van der Waals surface area contributed by atoms with E-state index in [1.165, 1.54) is 0 Å². The van der Waals surface area contributed by atoms with E-state index in [2.05, 4.69) is 5.32 Å². The molecule has 0 aliphatic heterocycles. The molecule has 0 saturated heterocycles. The third-order valence-electron chi connectivity index (χ3n) is 1.56. The fraction of sp³-hybridized carbons (Fsp3) is 0.778. The summed E-state index contributed by atoms with van der Waals surface area (Å²) < 4.78 is 9.89. The van der Waals surface area contributed by atoms with Gasteiger partial charge in [-0.3, -0.25) is 9.59 Å². The molecule has 0 fully saturated rings. The number of ether oxygens (including phenoxy) is 2. The van der Waals surface area contributed by atoms with Gasteiger partial charge in [-0.05, 0) is 6.42 Å². The molecular formula is C9H17NO5. The molecule has 1 amide bonds. The van der Waals surface area contributed by atoms with Crippen LogP contribution in [0.1, 0.15) is 12.8 Å². The fourth-order valence-corrected chi connectivity index (χ4v) is 0.842. The Morgan fingerprint density at radius 1 is 1.27 bits per heavy atom. The summed E-state index contributed by atoms with van der Waals surface area (Å²) in [5.74, 6) is -1.31. The lowest BCUT2D eigenvalue weighted by Crippen LogP contribution is -2.29. The number of carboxylic acids is 1. The molecule has 15 heavy (non-hydrogen) atoms. The Labute approximate surface area is 88.6 Å². The lowest BCUT2D eigenvalue weighted by Gasteiger charge is -2.03. The molecule has 0 bridgehead atoms. The highest BCUT2D eigenvalue weighted by Gasteiger charge is 2.02. The highest BCUT2D eigenvalue weighted by Crippen LogP contribution is 1.90. The highest BCUT2D eigenvalue weighted by atomic mass is 16.5. The number of carbonyl (C=O) groups is 2. The average Bonchev–Trinajstić information content (AvgIpc) is 2.20. The molecule has 88 valence electrons. The van der Waals surface area contributed by atoms with Crippen LogP contribution in [0.2, 0.25) is 0 Å². The second-order valence-corrected chi connectivity index (χ2v) is 2.88. The van der Waals surface area contributed by atoms with Gasteiger partial charge in [-0.15, -0.1) is 0 Å². The van der Waals surface area contributed by atoms with E-state index in [0.717, 1.165) is 0 Å². The molecule has 0 rings (SSSR count). The maximum Gasteiger partial charge on any atom is 0.322 e. The molecule has 0 aliphatic rings. The van der Waals surface area contributed by atoms with Gasteiger partial charge in [0.1, 0.15) is 6.54 Å². The predicted octanol–water partition coefficient (Wildman–Crippen LogP) is -0.370. The minimum absolute atomic E-state index is 0.271. The zero-order valence-corrected chi connectivity index (χ0v) is 8.82. The third-order valence-corrected chi connectivity index (χ3v) is 1.56. The van der Waals surface area contributed by atoms with Gasteiger partial charge in [-0.25, -0.2) is 0 Å². The van der Waals surface area contributed by atoms with Crippen molar-refractivity contribution in [1.29, 1.82) is 0 Å². The first-order chi connectivity index (χ1) is 7.16. The molecule has 6 heteroatoms. The number of hydrogen-bond acceptors (Lipinski definition) is 4. The smallest absolute Gasteiger partial charge is 0.322 e. The standard InChI is InChI=1S/C9H17NO5/c1-14-5-6-15-4-2-3-8(11)10-7-9(12)13/h2-7H2,1H3,(H,10,11)(H,12,13). The van der Waals surface area contributed by atoms with Crippen LogP contribution >= 0.6 is 0 Å². The topological polar surface area (TPSA) is 84.9 Å². The van der Waals surface area contributed by atoms with Crippen LogP contribution in [-0.2, 0) is 19.1 Å². The zero-order valence-electron chi connectivity index (χ0n) is 8.82. The number of aliphatic carboxylic acids is 1. The quantitative estimate of drug-likeness (QED) is 0.517. The van der Waals surface area contributed by atoms with Crippen LogP contribution in [0, 0.1) is 0 Å². The summed E-state index contributed by atoms with van der Waals surface area (Å²) in [5.41, 5.74) is 0. The maximum absolute atomic E-state index is 11.0. The summed E-state index contributed by atoms with van der Waals surface area (Å²) in [5, 5.41) is 10.5. The van der Waals surface area contributed by atoms with E-state index in [4.69, 9.17) is 14.6 Å². The van der Waals surface area contributed by atoms with Crippen LogP contribution in [0.5, 0.6) is 0 Å². The van der Waals surface area contributed by atoms with E-state index in [1.54, 1.807) is 7.11 Å². The Bertz CT molecular complexity index is 195. The van der Waals surface area contributed by atoms with Gasteiger partial charge < -0.3 is 19.9 Å². The van der Waals surface area contributed by atoms with Crippen molar-refractivity contribution < 1.29 is 24.2 Å². The summed E-state index contributed by atoms with van der Waals surface area (Å²) in [6, 6.07) is 0. The van der Waals surface area contributed by atoms with Gasteiger partial charge in [0.2, 0.25) is 5.91 Å². The van der Waals surface area contributed by atoms with Crippen LogP contribution in [-0.4, -0.2) is 50.5 Å². The number of amides is 1. The molecule has 2 N–H and O–H groups in total. The largest absolute Gasteiger partial charge is 0.480 e. The Morgan fingerprint density at radius 3 is 2.60 bits per heavy atom. The average molecular weight is 219 g/mol. The molecule has 0 aromatic carbocycles. The Balaban J connectivity index is 3.20. The van der Waals surface area contributed by atoms with E-state index >= 15 is 0 Å². The monoisotopic (exact) mass is 219 g/mol. The summed E-state index contributed by atoms with van der Waals surface area (Å²) in [6.07, 6.45) is 0.857. The van der Waals surface area contributed by atoms with Crippen molar-refractivity contribution in [3.05, 3.63) is 0 Å².